The molecule has 0 aliphatic heterocycles. The summed E-state index contributed by atoms with van der Waals surface area (Å²) in [7, 11) is 15.5. The molecule has 23 heavy (non-hydrogen) atoms. The minimum atomic E-state index is 0.585. The Bertz CT molecular complexity index is 409. The molecule has 0 amide bonds. The van der Waals surface area contributed by atoms with E-state index >= 15 is 0 Å². The van der Waals surface area contributed by atoms with Gasteiger partial charge in [-0.3, -0.25) is 0 Å². The van der Waals surface area contributed by atoms with Gasteiger partial charge in [0.05, 0.1) is 5.08 Å². The van der Waals surface area contributed by atoms with E-state index in [0.29, 0.717) is 13.7 Å². The van der Waals surface area contributed by atoms with E-state index in [1.54, 1.807) is 0 Å². The highest BCUT2D eigenvalue weighted by Gasteiger charge is 2.09. The number of guanidine groups is 2. The normalized spacial score (nSPS) is 9.74. The molecule has 0 saturated carbocycles. The van der Waals surface area contributed by atoms with Crippen LogP contribution in [-0.4, -0.2) is 102 Å². The van der Waals surface area contributed by atoms with Crippen molar-refractivity contribution >= 4 is 68.5 Å². The predicted octanol–water partition coefficient (Wildman–Crippen LogP) is 1.94. The number of hydrogen-bond donors (Lipinski definition) is 0. The van der Waals surface area contributed by atoms with Gasteiger partial charge in [0.1, 0.15) is 0 Å². The van der Waals surface area contributed by atoms with Crippen molar-refractivity contribution in [2.75, 3.05) is 61.5 Å². The monoisotopic (exact) mass is 394 g/mol. The van der Waals surface area contributed by atoms with Gasteiger partial charge >= 0.3 is 0 Å². The second-order valence-electron chi connectivity index (χ2n) is 5.34. The molecule has 0 radical (unpaired) electrons. The summed E-state index contributed by atoms with van der Waals surface area (Å²) in [4.78, 5) is 16.6. The third-order valence-electron chi connectivity index (χ3n) is 2.35. The molecule has 0 fully saturated rings. The Hall–Kier alpha value is -0.580. The first-order valence-electron chi connectivity index (χ1n) is 6.76. The highest BCUT2D eigenvalue weighted by molar-refractivity contribution is 8.35. The molecule has 0 aromatic heterocycles. The Labute approximate surface area is 159 Å². The lowest BCUT2D eigenvalue weighted by Crippen LogP contribution is -2.35. The molecule has 0 N–H and O–H groups in total. The zero-order valence-electron chi connectivity index (χ0n) is 15.0. The number of thiocarbonyl (C=S) groups is 2. The SMILES string of the molecule is CN(C)C(=NC(=S)SCSC(=S)N=C(N(C)C)N(C)C)N(C)C. The van der Waals surface area contributed by atoms with Crippen molar-refractivity contribution in [3.05, 3.63) is 0 Å². The molecule has 0 aromatic rings. The van der Waals surface area contributed by atoms with Crippen LogP contribution >= 0.6 is 48.0 Å². The molecule has 0 spiro atoms. The van der Waals surface area contributed by atoms with Gasteiger partial charge in [0.15, 0.2) is 8.64 Å². The lowest BCUT2D eigenvalue weighted by molar-refractivity contribution is 0.485. The third-order valence-corrected chi connectivity index (χ3v) is 4.86. The van der Waals surface area contributed by atoms with Crippen LogP contribution in [0.4, 0.5) is 0 Å². The van der Waals surface area contributed by atoms with E-state index in [4.69, 9.17) is 24.4 Å². The van der Waals surface area contributed by atoms with Gasteiger partial charge in [0.2, 0.25) is 11.9 Å². The molecule has 0 aliphatic rings. The van der Waals surface area contributed by atoms with E-state index in [0.717, 1.165) is 11.9 Å². The van der Waals surface area contributed by atoms with E-state index < -0.39 is 0 Å². The van der Waals surface area contributed by atoms with Crippen LogP contribution in [0.3, 0.4) is 0 Å². The van der Waals surface area contributed by atoms with E-state index in [-0.39, 0.29) is 0 Å². The van der Waals surface area contributed by atoms with Crippen LogP contribution in [0.1, 0.15) is 0 Å². The Morgan fingerprint density at radius 3 is 1.13 bits per heavy atom. The first kappa shape index (κ1) is 22.4. The Morgan fingerprint density at radius 1 is 0.652 bits per heavy atom. The van der Waals surface area contributed by atoms with Gasteiger partial charge in [0.25, 0.3) is 0 Å². The molecular formula is C13H26N6S4. The van der Waals surface area contributed by atoms with E-state index in [1.165, 1.54) is 23.5 Å². The fourth-order valence-electron chi connectivity index (χ4n) is 1.56. The van der Waals surface area contributed by atoms with Gasteiger partial charge in [-0.05, 0) is 0 Å². The Morgan fingerprint density at radius 2 is 0.913 bits per heavy atom. The molecule has 0 rings (SSSR count). The summed E-state index contributed by atoms with van der Waals surface area (Å²) in [6.45, 7) is 0. The second-order valence-corrected chi connectivity index (χ2v) is 8.92. The van der Waals surface area contributed by atoms with Crippen molar-refractivity contribution in [2.45, 2.75) is 0 Å². The van der Waals surface area contributed by atoms with Gasteiger partial charge < -0.3 is 19.6 Å². The van der Waals surface area contributed by atoms with E-state index in [9.17, 15) is 0 Å². The second kappa shape index (κ2) is 11.1. The summed E-state index contributed by atoms with van der Waals surface area (Å²) in [6, 6.07) is 0. The summed E-state index contributed by atoms with van der Waals surface area (Å²) in [5, 5.41) is 0.687. The molecule has 0 saturated heterocycles. The maximum absolute atomic E-state index is 5.30. The van der Waals surface area contributed by atoms with Crippen molar-refractivity contribution < 1.29 is 0 Å². The maximum Gasteiger partial charge on any atom is 0.202 e. The fraction of sp³-hybridized carbons (Fsp3) is 0.692. The van der Waals surface area contributed by atoms with Crippen LogP contribution in [0.5, 0.6) is 0 Å². The molecule has 0 aromatic carbocycles. The van der Waals surface area contributed by atoms with Gasteiger partial charge in [-0.25, -0.2) is 0 Å². The zero-order chi connectivity index (χ0) is 18.2. The smallest absolute Gasteiger partial charge is 0.202 e. The molecule has 0 bridgehead atoms. The summed E-state index contributed by atoms with van der Waals surface area (Å²) < 4.78 is 1.17. The van der Waals surface area contributed by atoms with Crippen LogP contribution in [-0.2, 0) is 0 Å². The average molecular weight is 395 g/mol. The van der Waals surface area contributed by atoms with E-state index in [1.807, 2.05) is 76.0 Å². The molecule has 0 atom stereocenters. The van der Waals surface area contributed by atoms with Crippen molar-refractivity contribution in [1.82, 2.24) is 19.6 Å². The molecular weight excluding hydrogens is 368 g/mol. The van der Waals surface area contributed by atoms with E-state index in [2.05, 4.69) is 9.98 Å². The van der Waals surface area contributed by atoms with Crippen molar-refractivity contribution in [2.24, 2.45) is 9.98 Å². The van der Waals surface area contributed by atoms with Gasteiger partial charge in [0, 0.05) is 56.4 Å². The number of hydrogen-bond acceptors (Lipinski definition) is 4. The molecule has 132 valence electrons. The lowest BCUT2D eigenvalue weighted by atomic mass is 10.7. The maximum atomic E-state index is 5.30. The van der Waals surface area contributed by atoms with Crippen LogP contribution in [0, 0.1) is 0 Å². The number of aliphatic imine (C=N–C) groups is 2. The summed E-state index contributed by atoms with van der Waals surface area (Å²) in [5.41, 5.74) is 0. The number of thioether (sulfide) groups is 2. The van der Waals surface area contributed by atoms with Crippen molar-refractivity contribution in [3.8, 4) is 0 Å². The molecule has 0 heterocycles. The van der Waals surface area contributed by atoms with Gasteiger partial charge in [-0.2, -0.15) is 9.98 Å². The quantitative estimate of drug-likeness (QED) is 0.304. The van der Waals surface area contributed by atoms with Crippen molar-refractivity contribution in [3.63, 3.8) is 0 Å². The summed E-state index contributed by atoms with van der Waals surface area (Å²) in [6.07, 6.45) is 0. The minimum Gasteiger partial charge on any atom is -0.349 e. The lowest BCUT2D eigenvalue weighted by Gasteiger charge is -2.22. The molecule has 6 nitrogen and oxygen atoms in total. The highest BCUT2D eigenvalue weighted by Crippen LogP contribution is 2.18. The average Bonchev–Trinajstić information content (AvgIpc) is 2.40. The van der Waals surface area contributed by atoms with Crippen LogP contribution in [0.2, 0.25) is 0 Å². The van der Waals surface area contributed by atoms with Crippen LogP contribution in [0.15, 0.2) is 9.98 Å². The van der Waals surface area contributed by atoms with Gasteiger partial charge in [-0.1, -0.05) is 48.0 Å². The highest BCUT2D eigenvalue weighted by atomic mass is 32.2. The summed E-state index contributed by atoms with van der Waals surface area (Å²) in [5.74, 6) is 1.63. The zero-order valence-corrected chi connectivity index (χ0v) is 18.3. The standard InChI is InChI=1S/C13H26N6S4/c1-16(2)10(17(3)4)14-12(20)22-9-23-13(21)15-11(18(5)6)19(7)8/h9H2,1-8H3. The van der Waals surface area contributed by atoms with Crippen molar-refractivity contribution in [1.29, 1.82) is 0 Å². The van der Waals surface area contributed by atoms with Crippen LogP contribution in [0.25, 0.3) is 0 Å². The first-order chi connectivity index (χ1) is 10.6. The molecule has 10 heteroatoms. The Balaban J connectivity index is 4.55. The number of nitrogens with zero attached hydrogens (tertiary/aromatic N) is 6. The largest absolute Gasteiger partial charge is 0.349 e. The minimum absolute atomic E-state index is 0.585. The molecule has 0 aliphatic carbocycles. The third kappa shape index (κ3) is 9.33. The molecule has 0 unspecified atom stereocenters. The summed E-state index contributed by atoms with van der Waals surface area (Å²) >= 11 is 13.6. The predicted molar refractivity (Wildman–Crippen MR) is 115 cm³/mol. The first-order valence-corrected chi connectivity index (χ1v) is 9.55. The van der Waals surface area contributed by atoms with Gasteiger partial charge in [-0.15, -0.1) is 0 Å². The fourth-order valence-corrected chi connectivity index (χ4v) is 3.92. The number of rotatable bonds is 2. The topological polar surface area (TPSA) is 37.7 Å². The Kier molecular flexibility index (Phi) is 10.8. The van der Waals surface area contributed by atoms with Crippen LogP contribution < -0.4 is 0 Å².